The maximum Gasteiger partial charge on any atom is 0.269 e. The van der Waals surface area contributed by atoms with Gasteiger partial charge in [0, 0.05) is 37.0 Å². The lowest BCUT2D eigenvalue weighted by molar-refractivity contribution is -0.384. The van der Waals surface area contributed by atoms with Gasteiger partial charge in [-0.25, -0.2) is 0 Å². The van der Waals surface area contributed by atoms with E-state index < -0.39 is 4.92 Å². The lowest BCUT2D eigenvalue weighted by Crippen LogP contribution is -2.02. The first-order valence-electron chi connectivity index (χ1n) is 9.60. The van der Waals surface area contributed by atoms with Gasteiger partial charge >= 0.3 is 0 Å². The van der Waals surface area contributed by atoms with Crippen molar-refractivity contribution in [3.63, 3.8) is 0 Å². The van der Waals surface area contributed by atoms with Gasteiger partial charge < -0.3 is 15.7 Å². The van der Waals surface area contributed by atoms with Crippen LogP contribution in [0.2, 0.25) is 0 Å². The van der Waals surface area contributed by atoms with Crippen molar-refractivity contribution in [3.05, 3.63) is 106 Å². The van der Waals surface area contributed by atoms with Crippen LogP contribution in [0.1, 0.15) is 11.1 Å². The largest absolute Gasteiger partial charge is 0.506 e. The molecule has 6 nitrogen and oxygen atoms in total. The first-order chi connectivity index (χ1) is 14.6. The highest BCUT2D eigenvalue weighted by Gasteiger charge is 2.06. The van der Waals surface area contributed by atoms with Crippen LogP contribution in [0.15, 0.2) is 84.9 Å². The third kappa shape index (κ3) is 4.50. The van der Waals surface area contributed by atoms with Crippen molar-refractivity contribution in [2.75, 3.05) is 10.6 Å². The van der Waals surface area contributed by atoms with Crippen LogP contribution in [-0.4, -0.2) is 10.0 Å². The summed E-state index contributed by atoms with van der Waals surface area (Å²) in [5, 5.41) is 29.9. The number of anilines is 2. The van der Waals surface area contributed by atoms with Crippen LogP contribution in [0, 0.1) is 10.1 Å². The molecule has 150 valence electrons. The Hall–Kier alpha value is -4.06. The molecule has 0 unspecified atom stereocenters. The van der Waals surface area contributed by atoms with Crippen molar-refractivity contribution in [3.8, 4) is 5.75 Å². The van der Waals surface area contributed by atoms with Crippen LogP contribution in [0.3, 0.4) is 0 Å². The molecular formula is C24H21N3O3. The van der Waals surface area contributed by atoms with Crippen molar-refractivity contribution in [1.29, 1.82) is 0 Å². The molecule has 3 N–H and O–H groups in total. The van der Waals surface area contributed by atoms with Crippen molar-refractivity contribution in [1.82, 2.24) is 0 Å². The minimum atomic E-state index is -0.424. The summed E-state index contributed by atoms with van der Waals surface area (Å²) >= 11 is 0. The molecule has 0 aliphatic carbocycles. The second-order valence-electron chi connectivity index (χ2n) is 7.04. The van der Waals surface area contributed by atoms with Gasteiger partial charge in [0.25, 0.3) is 5.69 Å². The predicted octanol–water partition coefficient (Wildman–Crippen LogP) is 5.68. The minimum absolute atomic E-state index is 0.0587. The number of nitrogens with zero attached hydrogens (tertiary/aromatic N) is 1. The highest BCUT2D eigenvalue weighted by molar-refractivity contribution is 5.83. The molecule has 0 amide bonds. The molecular weight excluding hydrogens is 378 g/mol. The number of hydrogen-bond donors (Lipinski definition) is 3. The van der Waals surface area contributed by atoms with E-state index in [0.29, 0.717) is 18.8 Å². The summed E-state index contributed by atoms with van der Waals surface area (Å²) in [7, 11) is 0. The Bertz CT molecular complexity index is 1190. The van der Waals surface area contributed by atoms with Gasteiger partial charge in [0.05, 0.1) is 10.6 Å². The van der Waals surface area contributed by atoms with E-state index in [9.17, 15) is 15.2 Å². The zero-order valence-corrected chi connectivity index (χ0v) is 16.2. The fourth-order valence-electron chi connectivity index (χ4n) is 3.28. The zero-order chi connectivity index (χ0) is 20.9. The molecule has 0 atom stereocenters. The zero-order valence-electron chi connectivity index (χ0n) is 16.2. The molecule has 0 saturated heterocycles. The molecule has 4 rings (SSSR count). The van der Waals surface area contributed by atoms with Gasteiger partial charge in [0.1, 0.15) is 5.75 Å². The Morgan fingerprint density at radius 2 is 1.47 bits per heavy atom. The summed E-state index contributed by atoms with van der Waals surface area (Å²) in [6.07, 6.45) is 0. The van der Waals surface area contributed by atoms with E-state index in [-0.39, 0.29) is 11.4 Å². The standard InChI is InChI=1S/C24H21N3O3/c28-24-14-21(25-16-18-5-8-19-3-1-2-4-20(19)13-18)9-12-23(24)26-15-17-6-10-22(11-7-17)27(29)30/h1-14,25-26,28H,15-16H2. The number of benzene rings is 4. The highest BCUT2D eigenvalue weighted by Crippen LogP contribution is 2.28. The number of nitro groups is 1. The van der Waals surface area contributed by atoms with Gasteiger partial charge in [-0.15, -0.1) is 0 Å². The number of hydrogen-bond acceptors (Lipinski definition) is 5. The summed E-state index contributed by atoms with van der Waals surface area (Å²) in [5.41, 5.74) is 3.53. The van der Waals surface area contributed by atoms with E-state index in [0.717, 1.165) is 16.8 Å². The second kappa shape index (κ2) is 8.53. The maximum atomic E-state index is 10.7. The Labute approximate surface area is 174 Å². The van der Waals surface area contributed by atoms with Crippen LogP contribution in [0.5, 0.6) is 5.75 Å². The molecule has 0 aromatic heterocycles. The summed E-state index contributed by atoms with van der Waals surface area (Å²) in [4.78, 5) is 10.3. The predicted molar refractivity (Wildman–Crippen MR) is 120 cm³/mol. The van der Waals surface area contributed by atoms with Gasteiger partial charge in [-0.2, -0.15) is 0 Å². The normalized spacial score (nSPS) is 10.7. The molecule has 0 heterocycles. The van der Waals surface area contributed by atoms with E-state index in [2.05, 4.69) is 41.0 Å². The fourth-order valence-corrected chi connectivity index (χ4v) is 3.28. The SMILES string of the molecule is O=[N+]([O-])c1ccc(CNc2ccc(NCc3ccc4ccccc4c3)cc2O)cc1. The number of aromatic hydroxyl groups is 1. The molecule has 0 saturated carbocycles. The van der Waals surface area contributed by atoms with Crippen molar-refractivity contribution < 1.29 is 10.0 Å². The molecule has 6 heteroatoms. The number of nitrogens with one attached hydrogen (secondary N) is 2. The lowest BCUT2D eigenvalue weighted by Gasteiger charge is -2.12. The van der Waals surface area contributed by atoms with Crippen molar-refractivity contribution >= 4 is 27.8 Å². The smallest absolute Gasteiger partial charge is 0.269 e. The molecule has 30 heavy (non-hydrogen) atoms. The van der Waals surface area contributed by atoms with Crippen molar-refractivity contribution in [2.24, 2.45) is 0 Å². The summed E-state index contributed by atoms with van der Waals surface area (Å²) in [6.45, 7) is 1.11. The molecule has 0 bridgehead atoms. The first-order valence-corrected chi connectivity index (χ1v) is 9.60. The van der Waals surface area contributed by atoms with Crippen LogP contribution < -0.4 is 10.6 Å². The molecule has 0 radical (unpaired) electrons. The van der Waals surface area contributed by atoms with Crippen LogP contribution >= 0.6 is 0 Å². The van der Waals surface area contributed by atoms with Crippen molar-refractivity contribution in [2.45, 2.75) is 13.1 Å². The quantitative estimate of drug-likeness (QED) is 0.211. The van der Waals surface area contributed by atoms with Crippen LogP contribution in [0.25, 0.3) is 10.8 Å². The minimum Gasteiger partial charge on any atom is -0.506 e. The first kappa shape index (κ1) is 19.3. The molecule has 0 spiro atoms. The molecule has 0 aliphatic heterocycles. The third-order valence-corrected chi connectivity index (χ3v) is 4.94. The summed E-state index contributed by atoms with van der Waals surface area (Å²) < 4.78 is 0. The maximum absolute atomic E-state index is 10.7. The number of phenols is 1. The number of non-ortho nitro benzene ring substituents is 1. The summed E-state index contributed by atoms with van der Waals surface area (Å²) in [5.74, 6) is 0.139. The number of phenolic OH excluding ortho intramolecular Hbond substituents is 1. The molecule has 4 aromatic carbocycles. The fraction of sp³-hybridized carbons (Fsp3) is 0.0833. The Kier molecular flexibility index (Phi) is 5.48. The van der Waals surface area contributed by atoms with Crippen LogP contribution in [-0.2, 0) is 13.1 Å². The van der Waals surface area contributed by atoms with Gasteiger partial charge in [-0.05, 0) is 40.1 Å². The van der Waals surface area contributed by atoms with Gasteiger partial charge in [0.2, 0.25) is 0 Å². The third-order valence-electron chi connectivity index (χ3n) is 4.94. The van der Waals surface area contributed by atoms with E-state index in [1.54, 1.807) is 18.2 Å². The van der Waals surface area contributed by atoms with E-state index in [4.69, 9.17) is 0 Å². The number of rotatable bonds is 7. The monoisotopic (exact) mass is 399 g/mol. The van der Waals surface area contributed by atoms with Gasteiger partial charge in [-0.3, -0.25) is 10.1 Å². The van der Waals surface area contributed by atoms with E-state index in [1.165, 1.54) is 22.9 Å². The molecule has 4 aromatic rings. The second-order valence-corrected chi connectivity index (χ2v) is 7.04. The lowest BCUT2D eigenvalue weighted by atomic mass is 10.1. The Morgan fingerprint density at radius 3 is 2.20 bits per heavy atom. The molecule has 0 aliphatic rings. The average molecular weight is 399 g/mol. The topological polar surface area (TPSA) is 87.4 Å². The van der Waals surface area contributed by atoms with Gasteiger partial charge in [0.15, 0.2) is 0 Å². The Balaban J connectivity index is 1.36. The number of nitro benzene ring substituents is 1. The van der Waals surface area contributed by atoms with E-state index in [1.807, 2.05) is 24.3 Å². The summed E-state index contributed by atoms with van der Waals surface area (Å²) in [6, 6.07) is 26.3. The van der Waals surface area contributed by atoms with E-state index >= 15 is 0 Å². The number of fused-ring (bicyclic) bond motifs is 1. The average Bonchev–Trinajstić information content (AvgIpc) is 2.77. The molecule has 0 fully saturated rings. The highest BCUT2D eigenvalue weighted by atomic mass is 16.6. The van der Waals surface area contributed by atoms with Gasteiger partial charge in [-0.1, -0.05) is 48.5 Å². The Morgan fingerprint density at radius 1 is 0.767 bits per heavy atom. The van der Waals surface area contributed by atoms with Crippen LogP contribution in [0.4, 0.5) is 17.1 Å².